The first-order valence-electron chi connectivity index (χ1n) is 7.58. The Labute approximate surface area is 148 Å². The molecule has 0 aliphatic heterocycles. The zero-order valence-corrected chi connectivity index (χ0v) is 14.3. The molecule has 0 aromatic heterocycles. The van der Waals surface area contributed by atoms with Crippen LogP contribution in [0, 0.1) is 20.2 Å². The fourth-order valence-electron chi connectivity index (χ4n) is 2.69. The van der Waals surface area contributed by atoms with Gasteiger partial charge >= 0.3 is 0 Å². The van der Waals surface area contributed by atoms with Gasteiger partial charge in [-0.15, -0.1) is 0 Å². The third-order valence-electron chi connectivity index (χ3n) is 3.93. The molecule has 26 heavy (non-hydrogen) atoms. The molecule has 0 amide bonds. The van der Waals surface area contributed by atoms with Gasteiger partial charge in [-0.1, -0.05) is 54.6 Å². The van der Waals surface area contributed by atoms with Gasteiger partial charge in [0.1, 0.15) is 0 Å². The van der Waals surface area contributed by atoms with Gasteiger partial charge in [0.25, 0.3) is 11.4 Å². The van der Waals surface area contributed by atoms with Crippen molar-refractivity contribution in [3.63, 3.8) is 0 Å². The molecule has 0 bridgehead atoms. The maximum absolute atomic E-state index is 14.1. The Morgan fingerprint density at radius 1 is 0.615 bits per heavy atom. The molecule has 130 valence electrons. The van der Waals surface area contributed by atoms with Crippen molar-refractivity contribution in [2.45, 2.75) is 0 Å². The van der Waals surface area contributed by atoms with E-state index in [0.29, 0.717) is 5.30 Å². The van der Waals surface area contributed by atoms with E-state index in [1.54, 1.807) is 42.5 Å². The van der Waals surface area contributed by atoms with Crippen LogP contribution in [-0.4, -0.2) is 9.85 Å². The Kier molecular flexibility index (Phi) is 4.65. The Balaban J connectivity index is 2.30. The quantitative estimate of drug-likeness (QED) is 0.391. The lowest BCUT2D eigenvalue weighted by molar-refractivity contribution is -0.384. The highest BCUT2D eigenvalue weighted by atomic mass is 31.2. The number of benzene rings is 3. The van der Waals surface area contributed by atoms with E-state index in [1.807, 2.05) is 0 Å². The topological polar surface area (TPSA) is 103 Å². The van der Waals surface area contributed by atoms with Crippen LogP contribution in [0.3, 0.4) is 0 Å². The maximum atomic E-state index is 14.1. The van der Waals surface area contributed by atoms with Gasteiger partial charge in [0, 0.05) is 40.2 Å². The molecule has 8 heteroatoms. The van der Waals surface area contributed by atoms with Crippen molar-refractivity contribution in [1.29, 1.82) is 0 Å². The Bertz CT molecular complexity index is 975. The Morgan fingerprint density at radius 2 is 1.04 bits per heavy atom. The van der Waals surface area contributed by atoms with E-state index >= 15 is 0 Å². The molecule has 0 saturated heterocycles. The second-order valence-electron chi connectivity index (χ2n) is 5.50. The van der Waals surface area contributed by atoms with Crippen molar-refractivity contribution >= 4 is 34.4 Å². The Morgan fingerprint density at radius 3 is 1.46 bits per heavy atom. The third-order valence-corrected chi connectivity index (χ3v) is 6.96. The summed E-state index contributed by atoms with van der Waals surface area (Å²) in [6, 6.07) is 19.6. The molecule has 0 heterocycles. The molecule has 0 aliphatic carbocycles. The second kappa shape index (κ2) is 6.90. The summed E-state index contributed by atoms with van der Waals surface area (Å²) in [5.41, 5.74) is -0.381. The first kappa shape index (κ1) is 17.5. The van der Waals surface area contributed by atoms with Crippen LogP contribution in [0.4, 0.5) is 11.4 Å². The average molecular weight is 368 g/mol. The maximum Gasteiger partial charge on any atom is 0.270 e. The molecule has 3 rings (SSSR count). The summed E-state index contributed by atoms with van der Waals surface area (Å²) >= 11 is 0. The monoisotopic (exact) mass is 368 g/mol. The summed E-state index contributed by atoms with van der Waals surface area (Å²) in [7, 11) is -3.52. The summed E-state index contributed by atoms with van der Waals surface area (Å²) in [4.78, 5) is 21.1. The summed E-state index contributed by atoms with van der Waals surface area (Å²) in [6.07, 6.45) is 0. The summed E-state index contributed by atoms with van der Waals surface area (Å²) in [5, 5.41) is 23.2. The number of rotatable bonds is 5. The number of nitrogens with zero attached hydrogens (tertiary/aromatic N) is 2. The molecule has 0 saturated carbocycles. The average Bonchev–Trinajstić information content (AvgIpc) is 2.68. The molecule has 0 radical (unpaired) electrons. The molecular weight excluding hydrogens is 355 g/mol. The largest absolute Gasteiger partial charge is 0.309 e. The molecule has 7 nitrogen and oxygen atoms in total. The van der Waals surface area contributed by atoms with Crippen LogP contribution >= 0.6 is 7.14 Å². The van der Waals surface area contributed by atoms with E-state index < -0.39 is 17.0 Å². The Hall–Kier alpha value is -3.31. The fourth-order valence-corrected chi connectivity index (χ4v) is 5.40. The zero-order valence-electron chi connectivity index (χ0n) is 13.4. The molecule has 0 atom stereocenters. The predicted molar refractivity (Wildman–Crippen MR) is 99.1 cm³/mol. The smallest absolute Gasteiger partial charge is 0.270 e. The van der Waals surface area contributed by atoms with Crippen molar-refractivity contribution < 1.29 is 14.4 Å². The number of hydrogen-bond donors (Lipinski definition) is 0. The highest BCUT2D eigenvalue weighted by Crippen LogP contribution is 2.43. The van der Waals surface area contributed by atoms with Crippen LogP contribution in [0.1, 0.15) is 0 Å². The number of nitro groups is 2. The highest BCUT2D eigenvalue weighted by molar-refractivity contribution is 7.85. The zero-order chi connectivity index (χ0) is 18.7. The molecular formula is C18H13N2O5P. The highest BCUT2D eigenvalue weighted by Gasteiger charge is 2.32. The van der Waals surface area contributed by atoms with Gasteiger partial charge < -0.3 is 4.57 Å². The van der Waals surface area contributed by atoms with E-state index in [1.165, 1.54) is 36.4 Å². The van der Waals surface area contributed by atoms with Crippen LogP contribution in [-0.2, 0) is 4.57 Å². The molecule has 3 aromatic rings. The van der Waals surface area contributed by atoms with Gasteiger partial charge in [-0.25, -0.2) is 0 Å². The van der Waals surface area contributed by atoms with E-state index in [4.69, 9.17) is 0 Å². The van der Waals surface area contributed by atoms with Crippen LogP contribution in [0.15, 0.2) is 78.9 Å². The van der Waals surface area contributed by atoms with E-state index in [-0.39, 0.29) is 22.0 Å². The van der Waals surface area contributed by atoms with Gasteiger partial charge in [0.15, 0.2) is 7.14 Å². The summed E-state index contributed by atoms with van der Waals surface area (Å²) in [6.45, 7) is 0. The van der Waals surface area contributed by atoms with Crippen molar-refractivity contribution in [3.8, 4) is 0 Å². The fraction of sp³-hybridized carbons (Fsp3) is 0. The minimum absolute atomic E-state index is 0.191. The first-order chi connectivity index (χ1) is 12.4. The van der Waals surface area contributed by atoms with E-state index in [9.17, 15) is 24.8 Å². The molecule has 0 unspecified atom stereocenters. The van der Waals surface area contributed by atoms with Crippen LogP contribution in [0.5, 0.6) is 0 Å². The standard InChI is InChI=1S/C18H13N2O5P/c21-19(22)14-6-4-10-17(12-14)26(25,16-8-2-1-3-9-16)18-11-5-7-15(13-18)20(23)24/h1-13H. The molecule has 0 spiro atoms. The SMILES string of the molecule is O=[N+]([O-])c1cccc(P(=O)(c2ccccc2)c2cccc([N+](=O)[O-])c2)c1. The molecule has 0 fully saturated rings. The van der Waals surface area contributed by atoms with E-state index in [0.717, 1.165) is 0 Å². The van der Waals surface area contributed by atoms with Crippen molar-refractivity contribution in [2.24, 2.45) is 0 Å². The summed E-state index contributed by atoms with van der Waals surface area (Å²) < 4.78 is 14.1. The van der Waals surface area contributed by atoms with Gasteiger partial charge in [0.2, 0.25) is 0 Å². The third kappa shape index (κ3) is 3.12. The number of non-ortho nitro benzene ring substituents is 2. The summed E-state index contributed by atoms with van der Waals surface area (Å²) in [5.74, 6) is 0. The van der Waals surface area contributed by atoms with Gasteiger partial charge in [-0.05, 0) is 0 Å². The lowest BCUT2D eigenvalue weighted by Gasteiger charge is -2.19. The van der Waals surface area contributed by atoms with Crippen LogP contribution < -0.4 is 15.9 Å². The number of hydrogen-bond acceptors (Lipinski definition) is 5. The van der Waals surface area contributed by atoms with Gasteiger partial charge in [0.05, 0.1) is 9.85 Å². The van der Waals surface area contributed by atoms with Crippen molar-refractivity contribution in [1.82, 2.24) is 0 Å². The predicted octanol–water partition coefficient (Wildman–Crippen LogP) is 3.14. The minimum Gasteiger partial charge on any atom is -0.309 e. The first-order valence-corrected chi connectivity index (χ1v) is 9.29. The second-order valence-corrected chi connectivity index (χ2v) is 8.27. The molecule has 0 N–H and O–H groups in total. The van der Waals surface area contributed by atoms with Crippen molar-refractivity contribution in [3.05, 3.63) is 99.1 Å². The lowest BCUT2D eigenvalue weighted by Crippen LogP contribution is -2.25. The van der Waals surface area contributed by atoms with E-state index in [2.05, 4.69) is 0 Å². The lowest BCUT2D eigenvalue weighted by atomic mass is 10.3. The minimum atomic E-state index is -3.52. The van der Waals surface area contributed by atoms with Gasteiger partial charge in [-0.2, -0.15) is 0 Å². The van der Waals surface area contributed by atoms with Crippen LogP contribution in [0.25, 0.3) is 0 Å². The molecule has 0 aliphatic rings. The normalized spacial score (nSPS) is 11.1. The molecule has 3 aromatic carbocycles. The van der Waals surface area contributed by atoms with Crippen LogP contribution in [0.2, 0.25) is 0 Å². The number of nitro benzene ring substituents is 2. The van der Waals surface area contributed by atoms with Gasteiger partial charge in [-0.3, -0.25) is 20.2 Å². The van der Waals surface area contributed by atoms with Crippen molar-refractivity contribution in [2.75, 3.05) is 0 Å².